The number of nitrogens with zero attached hydrogens (tertiary/aromatic N) is 1. The Morgan fingerprint density at radius 2 is 1.72 bits per heavy atom. The highest BCUT2D eigenvalue weighted by Crippen LogP contribution is 2.21. The van der Waals surface area contributed by atoms with Gasteiger partial charge in [-0.2, -0.15) is 5.10 Å². The summed E-state index contributed by atoms with van der Waals surface area (Å²) in [6.45, 7) is 0. The maximum absolute atomic E-state index is 12.5. The average molecular weight is 408 g/mol. The van der Waals surface area contributed by atoms with Gasteiger partial charge >= 0.3 is 0 Å². The number of aromatic amines is 1. The topological polar surface area (TPSA) is 117 Å². The highest BCUT2D eigenvalue weighted by atomic mass is 32.2. The van der Waals surface area contributed by atoms with Crippen molar-refractivity contribution in [3.63, 3.8) is 0 Å². The van der Waals surface area contributed by atoms with Gasteiger partial charge in [0.05, 0.1) is 16.8 Å². The normalized spacial score (nSPS) is 11.2. The number of nitrogens with one attached hydrogen (secondary N) is 3. The molecule has 0 bridgehead atoms. The van der Waals surface area contributed by atoms with Gasteiger partial charge in [-0.3, -0.25) is 14.6 Å². The van der Waals surface area contributed by atoms with Crippen LogP contribution in [0.1, 0.15) is 10.5 Å². The lowest BCUT2D eigenvalue weighted by Gasteiger charge is -2.10. The molecule has 0 aliphatic heterocycles. The Morgan fingerprint density at radius 3 is 2.48 bits per heavy atom. The van der Waals surface area contributed by atoms with Crippen LogP contribution in [0, 0.1) is 0 Å². The third kappa shape index (κ3) is 4.19. The number of H-pyrrole nitrogens is 1. The van der Waals surface area contributed by atoms with E-state index >= 15 is 0 Å². The Hall–Kier alpha value is -3.85. The molecule has 146 valence electrons. The van der Waals surface area contributed by atoms with Gasteiger partial charge in [0.25, 0.3) is 15.9 Å². The monoisotopic (exact) mass is 408 g/mol. The van der Waals surface area contributed by atoms with Crippen LogP contribution in [0.2, 0.25) is 0 Å². The summed E-state index contributed by atoms with van der Waals surface area (Å²) < 4.78 is 32.7. The molecule has 4 aromatic rings. The SMILES string of the molecule is O=C(Nc1cccc(NS(=O)(=O)c2ccccc2)c1)c1cc(-c2ccco2)[nH]n1. The maximum atomic E-state index is 12.5. The van der Waals surface area contributed by atoms with Gasteiger partial charge in [-0.1, -0.05) is 24.3 Å². The van der Waals surface area contributed by atoms with Crippen molar-refractivity contribution in [2.24, 2.45) is 0 Å². The van der Waals surface area contributed by atoms with Crippen molar-refractivity contribution in [2.45, 2.75) is 4.90 Å². The average Bonchev–Trinajstić information content (AvgIpc) is 3.40. The third-order valence-electron chi connectivity index (χ3n) is 4.02. The van der Waals surface area contributed by atoms with Crippen LogP contribution >= 0.6 is 0 Å². The van der Waals surface area contributed by atoms with Gasteiger partial charge in [0.1, 0.15) is 5.69 Å². The number of anilines is 2. The Kier molecular flexibility index (Phi) is 4.88. The number of hydrogen-bond acceptors (Lipinski definition) is 5. The smallest absolute Gasteiger partial charge is 0.276 e. The highest BCUT2D eigenvalue weighted by Gasteiger charge is 2.15. The summed E-state index contributed by atoms with van der Waals surface area (Å²) in [6, 6.07) is 19.5. The molecule has 8 nitrogen and oxygen atoms in total. The van der Waals surface area contributed by atoms with Crippen LogP contribution in [0.25, 0.3) is 11.5 Å². The molecule has 0 unspecified atom stereocenters. The van der Waals surface area contributed by atoms with Crippen LogP contribution in [0.3, 0.4) is 0 Å². The van der Waals surface area contributed by atoms with Gasteiger partial charge in [0, 0.05) is 11.8 Å². The van der Waals surface area contributed by atoms with Crippen molar-refractivity contribution in [1.82, 2.24) is 10.2 Å². The molecular weight excluding hydrogens is 392 g/mol. The second-order valence-corrected chi connectivity index (χ2v) is 7.78. The molecule has 0 saturated heterocycles. The van der Waals surface area contributed by atoms with Crippen molar-refractivity contribution in [2.75, 3.05) is 10.0 Å². The standard InChI is InChI=1S/C20H16N4O4S/c25-20(18-13-17(22-23-18)19-10-5-11-28-19)21-14-6-4-7-15(12-14)24-29(26,27)16-8-2-1-3-9-16/h1-13,24H,(H,21,25)(H,22,23). The van der Waals surface area contributed by atoms with E-state index in [0.717, 1.165) is 0 Å². The van der Waals surface area contributed by atoms with Crippen LogP contribution in [0.15, 0.2) is 88.4 Å². The molecule has 0 spiro atoms. The molecule has 29 heavy (non-hydrogen) atoms. The molecule has 0 aliphatic carbocycles. The number of amides is 1. The summed E-state index contributed by atoms with van der Waals surface area (Å²) in [5.41, 5.74) is 1.49. The number of benzene rings is 2. The molecule has 9 heteroatoms. The minimum Gasteiger partial charge on any atom is -0.463 e. The molecule has 0 atom stereocenters. The number of furan rings is 1. The number of carbonyl (C=O) groups excluding carboxylic acids is 1. The van der Waals surface area contributed by atoms with Crippen LogP contribution in [0.5, 0.6) is 0 Å². The van der Waals surface area contributed by atoms with Crippen LogP contribution < -0.4 is 10.0 Å². The number of aromatic nitrogens is 2. The number of sulfonamides is 1. The number of carbonyl (C=O) groups is 1. The lowest BCUT2D eigenvalue weighted by atomic mass is 10.2. The number of rotatable bonds is 6. The van der Waals surface area contributed by atoms with E-state index in [1.807, 2.05) is 0 Å². The van der Waals surface area contributed by atoms with E-state index in [2.05, 4.69) is 20.2 Å². The fourth-order valence-corrected chi connectivity index (χ4v) is 3.74. The summed E-state index contributed by atoms with van der Waals surface area (Å²) >= 11 is 0. The Morgan fingerprint density at radius 1 is 0.931 bits per heavy atom. The molecule has 0 fully saturated rings. The second kappa shape index (κ2) is 7.64. The minimum atomic E-state index is -3.72. The minimum absolute atomic E-state index is 0.149. The van der Waals surface area contributed by atoms with Gasteiger partial charge < -0.3 is 9.73 Å². The van der Waals surface area contributed by atoms with Gasteiger partial charge in [0.2, 0.25) is 0 Å². The Labute approximate surface area is 166 Å². The lowest BCUT2D eigenvalue weighted by molar-refractivity contribution is 0.102. The van der Waals surface area contributed by atoms with E-state index in [1.165, 1.54) is 24.5 Å². The van der Waals surface area contributed by atoms with Crippen LogP contribution in [-0.2, 0) is 10.0 Å². The first-order chi connectivity index (χ1) is 14.0. The van der Waals surface area contributed by atoms with E-state index in [0.29, 0.717) is 22.8 Å². The van der Waals surface area contributed by atoms with E-state index in [9.17, 15) is 13.2 Å². The van der Waals surface area contributed by atoms with E-state index in [4.69, 9.17) is 4.42 Å². The molecule has 2 aromatic carbocycles. The molecule has 2 aromatic heterocycles. The van der Waals surface area contributed by atoms with Gasteiger partial charge in [-0.05, 0) is 42.5 Å². The summed E-state index contributed by atoms with van der Waals surface area (Å²) in [5.74, 6) is 0.121. The fraction of sp³-hybridized carbons (Fsp3) is 0. The molecule has 0 saturated carbocycles. The first-order valence-corrected chi connectivity index (χ1v) is 10.1. The Bertz CT molecular complexity index is 1230. The molecule has 3 N–H and O–H groups in total. The molecule has 0 aliphatic rings. The molecule has 4 rings (SSSR count). The maximum Gasteiger partial charge on any atom is 0.276 e. The fourth-order valence-electron chi connectivity index (χ4n) is 2.67. The van der Waals surface area contributed by atoms with Crippen LogP contribution in [-0.4, -0.2) is 24.5 Å². The van der Waals surface area contributed by atoms with E-state index < -0.39 is 15.9 Å². The number of hydrogen-bond donors (Lipinski definition) is 3. The summed E-state index contributed by atoms with van der Waals surface area (Å²) in [4.78, 5) is 12.6. The van der Waals surface area contributed by atoms with E-state index in [-0.39, 0.29) is 10.6 Å². The van der Waals surface area contributed by atoms with Gasteiger partial charge in [0.15, 0.2) is 11.5 Å². The van der Waals surface area contributed by atoms with Crippen molar-refractivity contribution in [3.05, 3.63) is 84.8 Å². The summed E-state index contributed by atoms with van der Waals surface area (Å²) in [6.07, 6.45) is 1.53. The lowest BCUT2D eigenvalue weighted by Crippen LogP contribution is -2.14. The van der Waals surface area contributed by atoms with Gasteiger partial charge in [-0.15, -0.1) is 0 Å². The summed E-state index contributed by atoms with van der Waals surface area (Å²) in [5, 5.41) is 9.42. The van der Waals surface area contributed by atoms with E-state index in [1.54, 1.807) is 54.6 Å². The van der Waals surface area contributed by atoms with Crippen molar-refractivity contribution in [1.29, 1.82) is 0 Å². The molecule has 2 heterocycles. The molecule has 0 radical (unpaired) electrons. The first kappa shape index (κ1) is 18.5. The summed E-state index contributed by atoms with van der Waals surface area (Å²) in [7, 11) is -3.72. The predicted octanol–water partition coefficient (Wildman–Crippen LogP) is 3.72. The first-order valence-electron chi connectivity index (χ1n) is 8.60. The zero-order valence-corrected chi connectivity index (χ0v) is 15.8. The zero-order valence-electron chi connectivity index (χ0n) is 15.0. The quantitative estimate of drug-likeness (QED) is 0.449. The van der Waals surface area contributed by atoms with Crippen molar-refractivity contribution >= 4 is 27.3 Å². The van der Waals surface area contributed by atoms with Gasteiger partial charge in [-0.25, -0.2) is 8.42 Å². The predicted molar refractivity (Wildman–Crippen MR) is 108 cm³/mol. The molecule has 1 amide bonds. The largest absolute Gasteiger partial charge is 0.463 e. The third-order valence-corrected chi connectivity index (χ3v) is 5.42. The zero-order chi connectivity index (χ0) is 20.3. The second-order valence-electron chi connectivity index (χ2n) is 6.10. The molecular formula is C20H16N4O4S. The van der Waals surface area contributed by atoms with Crippen molar-refractivity contribution < 1.29 is 17.6 Å². The Balaban J connectivity index is 1.48. The van der Waals surface area contributed by atoms with Crippen LogP contribution in [0.4, 0.5) is 11.4 Å². The highest BCUT2D eigenvalue weighted by molar-refractivity contribution is 7.92. The van der Waals surface area contributed by atoms with Crippen molar-refractivity contribution in [3.8, 4) is 11.5 Å².